The lowest BCUT2D eigenvalue weighted by molar-refractivity contribution is -0.249. The number of methoxy groups -OCH3 is 1. The molecule has 0 aromatic heterocycles. The molecule has 3 aliphatic rings. The Balaban J connectivity index is 1.44. The van der Waals surface area contributed by atoms with Crippen LogP contribution in [0.3, 0.4) is 0 Å². The van der Waals surface area contributed by atoms with Gasteiger partial charge in [0, 0.05) is 42.4 Å². The van der Waals surface area contributed by atoms with Crippen molar-refractivity contribution < 1.29 is 58.9 Å². The van der Waals surface area contributed by atoms with E-state index in [1.165, 1.54) is 25.3 Å². The first-order valence-corrected chi connectivity index (χ1v) is 17.0. The van der Waals surface area contributed by atoms with Crippen LogP contribution in [0, 0.1) is 0 Å². The van der Waals surface area contributed by atoms with Crippen LogP contribution in [-0.2, 0) is 25.5 Å². The molecule has 0 spiro atoms. The van der Waals surface area contributed by atoms with Gasteiger partial charge in [0.1, 0.15) is 35.6 Å². The Hall–Kier alpha value is -4.14. The number of fused-ring (bicyclic) bond motifs is 3. The van der Waals surface area contributed by atoms with Gasteiger partial charge in [0.15, 0.2) is 17.9 Å². The summed E-state index contributed by atoms with van der Waals surface area (Å²) in [6.07, 6.45) is 2.07. The lowest BCUT2D eigenvalue weighted by atomic mass is 9.72. The summed E-state index contributed by atoms with van der Waals surface area (Å²) in [5, 5.41) is 58.2. The molecule has 13 heteroatoms. The molecule has 0 radical (unpaired) electrons. The van der Waals surface area contributed by atoms with E-state index < -0.39 is 95.7 Å². The van der Waals surface area contributed by atoms with Gasteiger partial charge in [-0.1, -0.05) is 37.5 Å². The van der Waals surface area contributed by atoms with Gasteiger partial charge in [0.25, 0.3) is 0 Å². The molecule has 0 bridgehead atoms. The van der Waals surface area contributed by atoms with E-state index >= 15 is 0 Å². The van der Waals surface area contributed by atoms with Crippen LogP contribution in [-0.4, -0.2) is 92.6 Å². The first-order chi connectivity index (χ1) is 23.9. The number of carbonyl (C=O) groups is 4. The highest BCUT2D eigenvalue weighted by Gasteiger charge is 2.50. The molecule has 13 nitrogen and oxygen atoms in total. The Morgan fingerprint density at radius 1 is 1.06 bits per heavy atom. The number of amides is 1. The summed E-state index contributed by atoms with van der Waals surface area (Å²) in [7, 11) is 1.32. The van der Waals surface area contributed by atoms with Crippen LogP contribution in [0.25, 0.3) is 0 Å². The van der Waals surface area contributed by atoms with Gasteiger partial charge in [0.05, 0.1) is 42.0 Å². The number of aromatic hydroxyl groups is 2. The Labute approximate surface area is 289 Å². The van der Waals surface area contributed by atoms with Crippen molar-refractivity contribution in [2.75, 3.05) is 13.7 Å². The van der Waals surface area contributed by atoms with Crippen LogP contribution in [0.4, 0.5) is 0 Å². The molecule has 2 aromatic rings. The third kappa shape index (κ3) is 7.06. The number of ketones is 3. The van der Waals surface area contributed by atoms with Gasteiger partial charge in [0.2, 0.25) is 11.7 Å². The number of unbranched alkanes of at least 4 members (excludes halogenated alkanes) is 5. The predicted octanol–water partition coefficient (Wildman–Crippen LogP) is 3.08. The predicted molar refractivity (Wildman–Crippen MR) is 178 cm³/mol. The number of hydrogen-bond acceptors (Lipinski definition) is 12. The van der Waals surface area contributed by atoms with E-state index in [-0.39, 0.29) is 46.8 Å². The number of benzene rings is 2. The van der Waals surface area contributed by atoms with E-state index in [1.807, 2.05) is 6.08 Å². The summed E-state index contributed by atoms with van der Waals surface area (Å²) in [6, 6.07) is 3.56. The van der Waals surface area contributed by atoms with Gasteiger partial charge in [-0.05, 0) is 32.3 Å². The molecule has 1 aliphatic heterocycles. The average molecular weight is 696 g/mol. The molecule has 5 rings (SSSR count). The molecule has 0 saturated carbocycles. The number of aliphatic hydroxyl groups excluding tert-OH is 2. The fourth-order valence-corrected chi connectivity index (χ4v) is 7.24. The highest BCUT2D eigenvalue weighted by atomic mass is 16.7. The van der Waals surface area contributed by atoms with Crippen molar-refractivity contribution in [3.05, 3.63) is 64.2 Å². The second-order valence-corrected chi connectivity index (χ2v) is 13.3. The van der Waals surface area contributed by atoms with Gasteiger partial charge in [-0.15, -0.1) is 6.58 Å². The standard InChI is InChI=1S/C37H45NO12/c1-4-5-6-7-8-9-10-14-26(41)38-22-15-27(49-19(2)32(22)42)50-24-17-37(47,25(40)18-39)16-21-29(24)36(46)31-30(34(21)44)33(43)20-12-11-13-23(48-3)28(20)35(31)45/h4,11-13,19,22,24,27,32,39,42,44,46-47H,1,5-10,14-18H2,2-3H3,(H,38,41)/t19-,22-,24-,27-,32+,37-/m0/s1. The fraction of sp³-hybridized carbons (Fsp3) is 0.514. The van der Waals surface area contributed by atoms with Crippen LogP contribution in [0.2, 0.25) is 0 Å². The lowest BCUT2D eigenvalue weighted by Crippen LogP contribution is -2.55. The molecule has 1 heterocycles. The van der Waals surface area contributed by atoms with Crippen molar-refractivity contribution in [2.45, 2.75) is 107 Å². The Bertz CT molecular complexity index is 1670. The Morgan fingerprint density at radius 2 is 1.76 bits per heavy atom. The number of rotatable bonds is 14. The molecular weight excluding hydrogens is 650 g/mol. The maximum Gasteiger partial charge on any atom is 0.220 e. The van der Waals surface area contributed by atoms with E-state index in [9.17, 15) is 44.7 Å². The first-order valence-electron chi connectivity index (χ1n) is 17.0. The zero-order chi connectivity index (χ0) is 36.3. The van der Waals surface area contributed by atoms with Crippen molar-refractivity contribution in [3.8, 4) is 17.2 Å². The molecular formula is C37H45NO12. The van der Waals surface area contributed by atoms with Crippen molar-refractivity contribution in [2.24, 2.45) is 0 Å². The number of Topliss-reactive ketones (excluding diaryl/α,β-unsaturated/α-hetero) is 1. The average Bonchev–Trinajstić information content (AvgIpc) is 3.09. The Kier molecular flexibility index (Phi) is 11.4. The summed E-state index contributed by atoms with van der Waals surface area (Å²) in [5.74, 6) is -4.16. The van der Waals surface area contributed by atoms with Crippen LogP contribution < -0.4 is 10.1 Å². The maximum atomic E-state index is 13.9. The van der Waals surface area contributed by atoms with Crippen LogP contribution in [0.1, 0.15) is 114 Å². The Morgan fingerprint density at radius 3 is 2.46 bits per heavy atom. The van der Waals surface area contributed by atoms with E-state index in [4.69, 9.17) is 14.2 Å². The molecule has 2 aromatic carbocycles. The smallest absolute Gasteiger partial charge is 0.220 e. The number of phenols is 2. The highest BCUT2D eigenvalue weighted by molar-refractivity contribution is 6.31. The maximum absolute atomic E-state index is 13.9. The summed E-state index contributed by atoms with van der Waals surface area (Å²) in [5.41, 5.74) is -3.83. The fourth-order valence-electron chi connectivity index (χ4n) is 7.24. The van der Waals surface area contributed by atoms with Gasteiger partial charge < -0.3 is 45.1 Å². The summed E-state index contributed by atoms with van der Waals surface area (Å²) < 4.78 is 17.5. The minimum Gasteiger partial charge on any atom is -0.507 e. The zero-order valence-electron chi connectivity index (χ0n) is 28.3. The molecule has 270 valence electrons. The van der Waals surface area contributed by atoms with Crippen molar-refractivity contribution in [1.29, 1.82) is 0 Å². The second kappa shape index (κ2) is 15.4. The second-order valence-electron chi connectivity index (χ2n) is 13.3. The minimum atomic E-state index is -2.30. The van der Waals surface area contributed by atoms with Crippen molar-refractivity contribution in [3.63, 3.8) is 0 Å². The monoisotopic (exact) mass is 695 g/mol. The van der Waals surface area contributed by atoms with Crippen LogP contribution in [0.5, 0.6) is 17.2 Å². The number of aliphatic hydroxyl groups is 3. The van der Waals surface area contributed by atoms with Crippen molar-refractivity contribution in [1.82, 2.24) is 5.32 Å². The third-order valence-electron chi connectivity index (χ3n) is 9.92. The normalized spacial score (nSPS) is 25.7. The van der Waals surface area contributed by atoms with E-state index in [1.54, 1.807) is 6.92 Å². The number of carbonyl (C=O) groups excluding carboxylic acids is 4. The molecule has 50 heavy (non-hydrogen) atoms. The molecule has 2 aliphatic carbocycles. The highest BCUT2D eigenvalue weighted by Crippen LogP contribution is 2.52. The molecule has 1 amide bonds. The van der Waals surface area contributed by atoms with Gasteiger partial charge in [-0.3, -0.25) is 19.2 Å². The summed E-state index contributed by atoms with van der Waals surface area (Å²) >= 11 is 0. The van der Waals surface area contributed by atoms with Gasteiger partial charge in [-0.25, -0.2) is 0 Å². The summed E-state index contributed by atoms with van der Waals surface area (Å²) in [6.45, 7) is 4.25. The third-order valence-corrected chi connectivity index (χ3v) is 9.92. The summed E-state index contributed by atoms with van der Waals surface area (Å²) in [4.78, 5) is 53.3. The zero-order valence-corrected chi connectivity index (χ0v) is 28.3. The number of hydrogen-bond donors (Lipinski definition) is 6. The number of nitrogens with one attached hydrogen (secondary N) is 1. The van der Waals surface area contributed by atoms with E-state index in [0.717, 1.165) is 32.1 Å². The first kappa shape index (κ1) is 37.1. The number of ether oxygens (including phenoxy) is 3. The molecule has 6 N–H and O–H groups in total. The van der Waals surface area contributed by atoms with Gasteiger partial charge >= 0.3 is 0 Å². The molecule has 1 fully saturated rings. The van der Waals surface area contributed by atoms with Crippen LogP contribution in [0.15, 0.2) is 30.9 Å². The van der Waals surface area contributed by atoms with Gasteiger partial charge in [-0.2, -0.15) is 0 Å². The molecule has 0 unspecified atom stereocenters. The SMILES string of the molecule is C=CCCCCCCCC(=O)N[C@H]1C[C@H](O[C@H]2C[C@](O)(C(=O)CO)Cc3c(O)c4c(c(O)c32)C(=O)c2c(OC)cccc2C4=O)O[C@@H](C)[C@H]1O. The van der Waals surface area contributed by atoms with E-state index in [0.29, 0.717) is 6.42 Å². The molecule has 1 saturated heterocycles. The number of allylic oxidation sites excluding steroid dienone is 1. The van der Waals surface area contributed by atoms with Crippen LogP contribution >= 0.6 is 0 Å². The lowest BCUT2D eigenvalue weighted by Gasteiger charge is -2.43. The van der Waals surface area contributed by atoms with E-state index in [2.05, 4.69) is 11.9 Å². The quantitative estimate of drug-likeness (QED) is 0.0817. The number of phenolic OH excluding ortho intramolecular Hbond substituents is 2. The molecule has 6 atom stereocenters. The topological polar surface area (TPSA) is 209 Å². The minimum absolute atomic E-state index is 0.0588. The largest absolute Gasteiger partial charge is 0.507 e. The van der Waals surface area contributed by atoms with Crippen molar-refractivity contribution >= 4 is 23.3 Å².